The standard InChI is InChI=1S/C13H17FN2O4S/c14-11-2-1-9(7-12(11)15)13(18)16(4-5-17)10-3-6-21(19,20)8-10/h1-2,7,10,17H,3-6,8,15H2. The van der Waals surface area contributed by atoms with Gasteiger partial charge in [0.05, 0.1) is 23.8 Å². The first-order valence-corrected chi connectivity index (χ1v) is 8.33. The van der Waals surface area contributed by atoms with Crippen LogP contribution in [-0.2, 0) is 9.84 Å². The highest BCUT2D eigenvalue weighted by atomic mass is 32.2. The fraction of sp³-hybridized carbons (Fsp3) is 0.462. The Balaban J connectivity index is 2.25. The molecule has 0 saturated carbocycles. The smallest absolute Gasteiger partial charge is 0.254 e. The highest BCUT2D eigenvalue weighted by molar-refractivity contribution is 7.91. The van der Waals surface area contributed by atoms with Crippen LogP contribution in [0.1, 0.15) is 16.8 Å². The van der Waals surface area contributed by atoms with Crippen molar-refractivity contribution < 1.29 is 22.7 Å². The number of hydrogen-bond acceptors (Lipinski definition) is 5. The molecule has 0 aromatic heterocycles. The summed E-state index contributed by atoms with van der Waals surface area (Å²) in [5, 5.41) is 9.09. The quantitative estimate of drug-likeness (QED) is 0.763. The average Bonchev–Trinajstić information content (AvgIpc) is 2.78. The summed E-state index contributed by atoms with van der Waals surface area (Å²) in [6.45, 7) is -0.255. The van der Waals surface area contributed by atoms with Crippen LogP contribution < -0.4 is 5.73 Å². The Hall–Kier alpha value is -1.67. The fourth-order valence-electron chi connectivity index (χ4n) is 2.42. The third-order valence-corrected chi connectivity index (χ3v) is 5.24. The summed E-state index contributed by atoms with van der Waals surface area (Å²) in [6, 6.07) is 3.12. The van der Waals surface area contributed by atoms with Gasteiger partial charge in [-0.3, -0.25) is 4.79 Å². The molecule has 3 N–H and O–H groups in total. The van der Waals surface area contributed by atoms with Crippen LogP contribution in [0.25, 0.3) is 0 Å². The van der Waals surface area contributed by atoms with E-state index in [1.54, 1.807) is 0 Å². The fourth-order valence-corrected chi connectivity index (χ4v) is 4.15. The normalized spacial score (nSPS) is 20.4. The van der Waals surface area contributed by atoms with E-state index in [0.717, 1.165) is 6.07 Å². The van der Waals surface area contributed by atoms with Gasteiger partial charge < -0.3 is 15.7 Å². The minimum atomic E-state index is -3.15. The van der Waals surface area contributed by atoms with E-state index in [-0.39, 0.29) is 35.9 Å². The number of hydrogen-bond donors (Lipinski definition) is 2. The van der Waals surface area contributed by atoms with E-state index in [9.17, 15) is 17.6 Å². The molecular formula is C13H17FN2O4S. The van der Waals surface area contributed by atoms with E-state index in [1.165, 1.54) is 17.0 Å². The Morgan fingerprint density at radius 3 is 2.71 bits per heavy atom. The number of nitrogens with zero attached hydrogens (tertiary/aromatic N) is 1. The number of aliphatic hydroxyl groups is 1. The Morgan fingerprint density at radius 1 is 1.48 bits per heavy atom. The summed E-state index contributed by atoms with van der Waals surface area (Å²) in [5.74, 6) is -1.17. The number of nitrogen functional groups attached to an aromatic ring is 1. The third kappa shape index (κ3) is 3.51. The molecule has 6 nitrogen and oxygen atoms in total. The van der Waals surface area contributed by atoms with E-state index >= 15 is 0 Å². The zero-order chi connectivity index (χ0) is 15.6. The molecule has 1 aliphatic rings. The number of amides is 1. The Bertz CT molecular complexity index is 648. The first-order chi connectivity index (χ1) is 9.84. The maximum Gasteiger partial charge on any atom is 0.254 e. The first kappa shape index (κ1) is 15.7. The van der Waals surface area contributed by atoms with Crippen LogP contribution in [0, 0.1) is 5.82 Å². The lowest BCUT2D eigenvalue weighted by atomic mass is 10.1. The molecule has 1 amide bonds. The minimum absolute atomic E-state index is 0.0241. The summed E-state index contributed by atoms with van der Waals surface area (Å²) < 4.78 is 36.2. The molecule has 21 heavy (non-hydrogen) atoms. The summed E-state index contributed by atoms with van der Waals surface area (Å²) in [7, 11) is -3.15. The van der Waals surface area contributed by atoms with Gasteiger partial charge in [0.2, 0.25) is 0 Å². The van der Waals surface area contributed by atoms with E-state index in [4.69, 9.17) is 10.8 Å². The highest BCUT2D eigenvalue weighted by Gasteiger charge is 2.34. The summed E-state index contributed by atoms with van der Waals surface area (Å²) in [6.07, 6.45) is 0.338. The second-order valence-corrected chi connectivity index (χ2v) is 7.24. The number of carbonyl (C=O) groups excluding carboxylic acids is 1. The van der Waals surface area contributed by atoms with Gasteiger partial charge >= 0.3 is 0 Å². The molecule has 2 rings (SSSR count). The van der Waals surface area contributed by atoms with Crippen molar-refractivity contribution in [3.05, 3.63) is 29.6 Å². The lowest BCUT2D eigenvalue weighted by Gasteiger charge is -2.27. The Labute approximate surface area is 122 Å². The number of aliphatic hydroxyl groups excluding tert-OH is 1. The van der Waals surface area contributed by atoms with Gasteiger partial charge in [-0.15, -0.1) is 0 Å². The zero-order valence-corrected chi connectivity index (χ0v) is 12.1. The molecule has 0 radical (unpaired) electrons. The number of anilines is 1. The molecule has 1 fully saturated rings. The van der Waals surface area contributed by atoms with Gasteiger partial charge in [-0.2, -0.15) is 0 Å². The van der Waals surface area contributed by atoms with Crippen molar-refractivity contribution >= 4 is 21.4 Å². The molecule has 1 atom stereocenters. The van der Waals surface area contributed by atoms with E-state index in [1.807, 2.05) is 0 Å². The molecule has 1 aliphatic heterocycles. The van der Waals surface area contributed by atoms with Crippen LogP contribution in [0.4, 0.5) is 10.1 Å². The van der Waals surface area contributed by atoms with Crippen LogP contribution in [0.15, 0.2) is 18.2 Å². The Kier molecular flexibility index (Phi) is 4.48. The molecule has 1 unspecified atom stereocenters. The molecule has 0 spiro atoms. The van der Waals surface area contributed by atoms with Gasteiger partial charge in [0.25, 0.3) is 5.91 Å². The van der Waals surface area contributed by atoms with E-state index in [2.05, 4.69) is 0 Å². The number of carbonyl (C=O) groups is 1. The van der Waals surface area contributed by atoms with Gasteiger partial charge in [0, 0.05) is 18.2 Å². The van der Waals surface area contributed by atoms with Crippen LogP contribution in [0.5, 0.6) is 0 Å². The first-order valence-electron chi connectivity index (χ1n) is 6.51. The SMILES string of the molecule is Nc1cc(C(=O)N(CCO)C2CCS(=O)(=O)C2)ccc1F. The molecule has 0 aliphatic carbocycles. The zero-order valence-electron chi connectivity index (χ0n) is 11.3. The molecule has 1 saturated heterocycles. The highest BCUT2D eigenvalue weighted by Crippen LogP contribution is 2.21. The lowest BCUT2D eigenvalue weighted by molar-refractivity contribution is 0.0655. The lowest BCUT2D eigenvalue weighted by Crippen LogP contribution is -2.42. The Morgan fingerprint density at radius 2 is 2.19 bits per heavy atom. The summed E-state index contributed by atoms with van der Waals surface area (Å²) >= 11 is 0. The van der Waals surface area contributed by atoms with Gasteiger partial charge in [0.15, 0.2) is 9.84 Å². The summed E-state index contributed by atoms with van der Waals surface area (Å²) in [4.78, 5) is 13.8. The molecule has 1 heterocycles. The van der Waals surface area contributed by atoms with Crippen molar-refractivity contribution in [3.8, 4) is 0 Å². The monoisotopic (exact) mass is 316 g/mol. The third-order valence-electron chi connectivity index (χ3n) is 3.49. The molecule has 0 bridgehead atoms. The largest absolute Gasteiger partial charge is 0.396 e. The molecular weight excluding hydrogens is 299 g/mol. The van der Waals surface area contributed by atoms with Crippen molar-refractivity contribution in [2.24, 2.45) is 0 Å². The van der Waals surface area contributed by atoms with Gasteiger partial charge in [-0.1, -0.05) is 0 Å². The second-order valence-electron chi connectivity index (χ2n) is 5.02. The number of rotatable bonds is 4. The predicted molar refractivity (Wildman–Crippen MR) is 76.0 cm³/mol. The average molecular weight is 316 g/mol. The number of sulfone groups is 1. The maximum atomic E-state index is 13.1. The summed E-state index contributed by atoms with van der Waals surface area (Å²) in [5.41, 5.74) is 5.46. The van der Waals surface area contributed by atoms with Crippen LogP contribution in [0.3, 0.4) is 0 Å². The molecule has 8 heteroatoms. The topological polar surface area (TPSA) is 101 Å². The molecule has 1 aromatic rings. The van der Waals surface area contributed by atoms with Crippen molar-refractivity contribution in [3.63, 3.8) is 0 Å². The van der Waals surface area contributed by atoms with Crippen molar-refractivity contribution in [1.82, 2.24) is 4.90 Å². The van der Waals surface area contributed by atoms with Gasteiger partial charge in [-0.25, -0.2) is 12.8 Å². The number of halogens is 1. The predicted octanol–water partition coefficient (Wildman–Crippen LogP) is 0.0295. The molecule has 1 aromatic carbocycles. The van der Waals surface area contributed by atoms with E-state index < -0.39 is 27.6 Å². The van der Waals surface area contributed by atoms with Gasteiger partial charge in [-0.05, 0) is 24.6 Å². The van der Waals surface area contributed by atoms with Crippen molar-refractivity contribution in [1.29, 1.82) is 0 Å². The molecule has 116 valence electrons. The van der Waals surface area contributed by atoms with Crippen LogP contribution in [-0.4, -0.2) is 55.0 Å². The van der Waals surface area contributed by atoms with Crippen LogP contribution >= 0.6 is 0 Å². The maximum absolute atomic E-state index is 13.1. The van der Waals surface area contributed by atoms with Crippen molar-refractivity contribution in [2.75, 3.05) is 30.4 Å². The number of benzene rings is 1. The second kappa shape index (κ2) is 5.98. The van der Waals surface area contributed by atoms with Gasteiger partial charge in [0.1, 0.15) is 5.82 Å². The van der Waals surface area contributed by atoms with Crippen molar-refractivity contribution in [2.45, 2.75) is 12.5 Å². The number of nitrogens with two attached hydrogens (primary N) is 1. The van der Waals surface area contributed by atoms with Crippen LogP contribution in [0.2, 0.25) is 0 Å². The minimum Gasteiger partial charge on any atom is -0.396 e. The van der Waals surface area contributed by atoms with E-state index in [0.29, 0.717) is 6.42 Å².